The average molecular weight is 778 g/mol. The molecule has 13 nitrogen and oxygen atoms in total. The quantitative estimate of drug-likeness (QED) is 0.158. The fourth-order valence-corrected chi connectivity index (χ4v) is 8.03. The third-order valence-electron chi connectivity index (χ3n) is 11.5. The molecule has 1 aromatic rings. The highest BCUT2D eigenvalue weighted by Crippen LogP contribution is 2.39. The van der Waals surface area contributed by atoms with Crippen LogP contribution in [0.4, 0.5) is 4.39 Å². The minimum absolute atomic E-state index is 0.00651. The van der Waals surface area contributed by atoms with Gasteiger partial charge in [-0.15, -0.1) is 0 Å². The van der Waals surface area contributed by atoms with E-state index in [9.17, 15) is 28.4 Å². The summed E-state index contributed by atoms with van der Waals surface area (Å²) in [5.74, 6) is -3.19. The number of likely N-dealkylation sites (N-methyl/N-ethyl adjacent to an activating group) is 2. The summed E-state index contributed by atoms with van der Waals surface area (Å²) in [6.45, 7) is 17.0. The minimum atomic E-state index is -1.01. The van der Waals surface area contributed by atoms with Crippen LogP contribution < -0.4 is 16.0 Å². The van der Waals surface area contributed by atoms with E-state index in [1.165, 1.54) is 38.5 Å². The van der Waals surface area contributed by atoms with Crippen LogP contribution >= 0.6 is 0 Å². The number of amides is 4. The van der Waals surface area contributed by atoms with Gasteiger partial charge in [-0.3, -0.25) is 24.0 Å². The van der Waals surface area contributed by atoms with E-state index in [1.54, 1.807) is 44.9 Å². The molecule has 4 amide bonds. The van der Waals surface area contributed by atoms with Crippen LogP contribution in [-0.2, 0) is 33.4 Å². The van der Waals surface area contributed by atoms with Gasteiger partial charge in [0.05, 0.1) is 54.3 Å². The molecule has 0 aliphatic carbocycles. The van der Waals surface area contributed by atoms with Crippen molar-refractivity contribution < 1.29 is 42.6 Å². The lowest BCUT2D eigenvalue weighted by molar-refractivity contribution is -0.152. The molecule has 0 aromatic heterocycles. The summed E-state index contributed by atoms with van der Waals surface area (Å²) in [4.78, 5) is 72.0. The molecule has 1 aliphatic rings. The number of hydrogen-bond acceptors (Lipinski definition) is 9. The topological polar surface area (TPSA) is 156 Å². The Morgan fingerprint density at radius 2 is 1.49 bits per heavy atom. The number of benzene rings is 1. The van der Waals surface area contributed by atoms with Gasteiger partial charge in [-0.2, -0.15) is 0 Å². The van der Waals surface area contributed by atoms with E-state index in [1.807, 2.05) is 48.5 Å². The van der Waals surface area contributed by atoms with E-state index < -0.39 is 59.6 Å². The summed E-state index contributed by atoms with van der Waals surface area (Å²) in [6.07, 6.45) is -0.880. The minimum Gasteiger partial charge on any atom is -0.380 e. The third kappa shape index (κ3) is 11.5. The Bertz CT molecular complexity index is 1440. The van der Waals surface area contributed by atoms with Gasteiger partial charge in [0.15, 0.2) is 5.78 Å². The Morgan fingerprint density at radius 1 is 0.909 bits per heavy atom. The molecule has 10 atom stereocenters. The predicted octanol–water partition coefficient (Wildman–Crippen LogP) is 3.83. The molecule has 0 saturated carbocycles. The number of nitrogens with zero attached hydrogens (tertiary/aromatic N) is 2. The van der Waals surface area contributed by atoms with E-state index in [-0.39, 0.29) is 65.9 Å². The van der Waals surface area contributed by atoms with Crippen molar-refractivity contribution >= 4 is 29.4 Å². The number of carbonyl (C=O) groups is 5. The molecule has 1 unspecified atom stereocenters. The summed E-state index contributed by atoms with van der Waals surface area (Å²) < 4.78 is 31.2. The van der Waals surface area contributed by atoms with Gasteiger partial charge in [-0.25, -0.2) is 4.39 Å². The van der Waals surface area contributed by atoms with Gasteiger partial charge in [0, 0.05) is 46.9 Å². The van der Waals surface area contributed by atoms with Gasteiger partial charge in [-0.05, 0) is 62.9 Å². The molecule has 0 spiro atoms. The smallest absolute Gasteiger partial charge is 0.245 e. The summed E-state index contributed by atoms with van der Waals surface area (Å²) in [5, 5.41) is 8.78. The zero-order valence-corrected chi connectivity index (χ0v) is 35.5. The Hall–Kier alpha value is -3.46. The van der Waals surface area contributed by atoms with Crippen molar-refractivity contribution in [3.05, 3.63) is 35.6 Å². The maximum atomic E-state index is 14.5. The van der Waals surface area contributed by atoms with E-state index in [2.05, 4.69) is 16.0 Å². The van der Waals surface area contributed by atoms with Crippen LogP contribution in [0.15, 0.2) is 24.3 Å². The van der Waals surface area contributed by atoms with E-state index in [0.717, 1.165) is 0 Å². The average Bonchev–Trinajstić information content (AvgIpc) is 3.49. The Balaban J connectivity index is 2.38. The van der Waals surface area contributed by atoms with Gasteiger partial charge < -0.3 is 40.0 Å². The summed E-state index contributed by atoms with van der Waals surface area (Å²) in [7, 11) is 7.98. The van der Waals surface area contributed by atoms with Crippen molar-refractivity contribution in [3.63, 3.8) is 0 Å². The number of rotatable bonds is 21. The normalized spacial score (nSPS) is 21.6. The summed E-state index contributed by atoms with van der Waals surface area (Å²) >= 11 is 0. The second kappa shape index (κ2) is 21.2. The summed E-state index contributed by atoms with van der Waals surface area (Å²) in [6, 6.07) is 2.42. The molecule has 0 bridgehead atoms. The Kier molecular flexibility index (Phi) is 18.4. The SMILES string of the molecule is CCC(C)[C@@H]([C@@H](CC(=O)N1C[C@H](OC)C[C@@]1(C)[C@H](OC)[C@@H](C)C(=O)N[C@H](C)C(=O)c1ccc(F)cc1)OC)N(C)C(=O)[C@@H](NC(=O)[C@@H](NC)C(C)C)C(C)C. The van der Waals surface area contributed by atoms with E-state index >= 15 is 0 Å². The fourth-order valence-electron chi connectivity index (χ4n) is 8.03. The first kappa shape index (κ1) is 47.7. The predicted molar refractivity (Wildman–Crippen MR) is 210 cm³/mol. The number of carbonyl (C=O) groups excluding carboxylic acids is 5. The van der Waals surface area contributed by atoms with Crippen LogP contribution in [-0.4, -0.2) is 129 Å². The van der Waals surface area contributed by atoms with Gasteiger partial charge in [0.2, 0.25) is 23.6 Å². The molecule has 1 fully saturated rings. The molecular weight excluding hydrogens is 709 g/mol. The zero-order valence-electron chi connectivity index (χ0n) is 35.5. The largest absolute Gasteiger partial charge is 0.380 e. The Labute approximate surface area is 328 Å². The monoisotopic (exact) mass is 778 g/mol. The number of ether oxygens (including phenoxy) is 3. The number of methoxy groups -OCH3 is 3. The van der Waals surface area contributed by atoms with Gasteiger partial charge >= 0.3 is 0 Å². The molecule has 0 radical (unpaired) electrons. The standard InChI is InChI=1S/C41H68FN5O8/c1-15-25(6)35(46(11)40(52)34(24(4)5)45-39(51)33(43-10)23(2)3)31(54-13)20-32(48)47-22-30(53-12)21-41(47,9)37(55-14)26(7)38(50)44-27(8)36(49)28-16-18-29(42)19-17-28/h16-19,23-27,30-31,33-35,37,43H,15,20-22H2,1-14H3,(H,44,50)(H,45,51)/t25?,26-,27-,30-,31-,33+,34+,35+,37-,41+/m1/s1. The molecule has 1 aliphatic heterocycles. The van der Waals surface area contributed by atoms with Gasteiger partial charge in [-0.1, -0.05) is 54.9 Å². The lowest BCUT2D eigenvalue weighted by Crippen LogP contribution is -2.61. The first-order valence-electron chi connectivity index (χ1n) is 19.5. The number of likely N-dealkylation sites (tertiary alicyclic amines) is 1. The molecular formula is C41H68FN5O8. The first-order valence-corrected chi connectivity index (χ1v) is 19.5. The second-order valence-electron chi connectivity index (χ2n) is 16.0. The molecule has 3 N–H and O–H groups in total. The van der Waals surface area contributed by atoms with Crippen molar-refractivity contribution in [3.8, 4) is 0 Å². The highest BCUT2D eigenvalue weighted by atomic mass is 19.1. The Morgan fingerprint density at radius 3 is 1.96 bits per heavy atom. The maximum absolute atomic E-state index is 14.5. The lowest BCUT2D eigenvalue weighted by Gasteiger charge is -2.44. The number of nitrogens with one attached hydrogen (secondary N) is 3. The van der Waals surface area contributed by atoms with Crippen LogP contribution in [0.2, 0.25) is 0 Å². The summed E-state index contributed by atoms with van der Waals surface area (Å²) in [5.41, 5.74) is -0.742. The molecule has 14 heteroatoms. The van der Waals surface area contributed by atoms with Crippen LogP contribution in [0.25, 0.3) is 0 Å². The van der Waals surface area contributed by atoms with Crippen LogP contribution in [0.1, 0.15) is 91.9 Å². The number of halogens is 1. The lowest BCUT2D eigenvalue weighted by atomic mass is 9.82. The first-order chi connectivity index (χ1) is 25.7. The second-order valence-corrected chi connectivity index (χ2v) is 16.0. The van der Waals surface area contributed by atoms with Crippen LogP contribution in [0.5, 0.6) is 0 Å². The zero-order chi connectivity index (χ0) is 41.9. The third-order valence-corrected chi connectivity index (χ3v) is 11.5. The molecule has 1 saturated heterocycles. The fraction of sp³-hybridized carbons (Fsp3) is 0.732. The molecule has 55 heavy (non-hydrogen) atoms. The molecule has 1 aromatic carbocycles. The van der Waals surface area contributed by atoms with Gasteiger partial charge in [0.25, 0.3) is 0 Å². The van der Waals surface area contributed by atoms with Crippen molar-refractivity contribution in [2.45, 2.75) is 130 Å². The number of hydrogen-bond donors (Lipinski definition) is 3. The molecule has 1 heterocycles. The van der Waals surface area contributed by atoms with Crippen molar-refractivity contribution in [2.24, 2.45) is 23.7 Å². The number of Topliss-reactive ketones (excluding diaryl/α,β-unsaturated/α-hetero) is 1. The van der Waals surface area contributed by atoms with Crippen molar-refractivity contribution in [1.82, 2.24) is 25.8 Å². The van der Waals surface area contributed by atoms with Crippen molar-refractivity contribution in [1.29, 1.82) is 0 Å². The van der Waals surface area contributed by atoms with Crippen molar-refractivity contribution in [2.75, 3.05) is 42.0 Å². The molecule has 2 rings (SSSR count). The maximum Gasteiger partial charge on any atom is 0.245 e. The van der Waals surface area contributed by atoms with Gasteiger partial charge in [0.1, 0.15) is 11.9 Å². The van der Waals surface area contributed by atoms with E-state index in [0.29, 0.717) is 12.8 Å². The molecule has 312 valence electrons. The number of ketones is 1. The van der Waals surface area contributed by atoms with Crippen LogP contribution in [0, 0.1) is 29.5 Å². The van der Waals surface area contributed by atoms with Crippen LogP contribution in [0.3, 0.4) is 0 Å². The highest BCUT2D eigenvalue weighted by Gasteiger charge is 2.53. The highest BCUT2D eigenvalue weighted by molar-refractivity contribution is 6.01. The van der Waals surface area contributed by atoms with E-state index in [4.69, 9.17) is 14.2 Å².